The van der Waals surface area contributed by atoms with Crippen LogP contribution in [-0.4, -0.2) is 20.7 Å². The molecule has 0 heterocycles. The van der Waals surface area contributed by atoms with Gasteiger partial charge in [-0.05, 0) is 55.6 Å². The van der Waals surface area contributed by atoms with Crippen LogP contribution in [0.3, 0.4) is 0 Å². The molecule has 1 unspecified atom stereocenters. The number of hydrogen-bond acceptors (Lipinski definition) is 2. The molecule has 0 N–H and O–H groups in total. The van der Waals surface area contributed by atoms with Crippen LogP contribution < -0.4 is 0 Å². The van der Waals surface area contributed by atoms with Crippen molar-refractivity contribution in [1.29, 1.82) is 0 Å². The van der Waals surface area contributed by atoms with E-state index in [4.69, 9.17) is 4.74 Å². The van der Waals surface area contributed by atoms with Crippen molar-refractivity contribution in [2.75, 3.05) is 6.61 Å². The first-order chi connectivity index (χ1) is 13.1. The first kappa shape index (κ1) is 27.9. The Labute approximate surface area is 182 Å². The lowest BCUT2D eigenvalue weighted by atomic mass is 9.85. The Kier molecular flexibility index (Phi) is 11.5. The lowest BCUT2D eigenvalue weighted by Crippen LogP contribution is -2.27. The van der Waals surface area contributed by atoms with Gasteiger partial charge in [0.25, 0.3) is 0 Å². The van der Waals surface area contributed by atoms with Crippen LogP contribution >= 0.6 is 0 Å². The molecule has 0 saturated heterocycles. The van der Waals surface area contributed by atoms with Crippen LogP contribution in [0, 0.1) is 5.41 Å². The summed E-state index contributed by atoms with van der Waals surface area (Å²) in [6, 6.07) is 10.3. The minimum Gasteiger partial charge on any atom is -0.465 e. The van der Waals surface area contributed by atoms with Gasteiger partial charge in [0.2, 0.25) is 0 Å². The molecule has 0 aliphatic rings. The Morgan fingerprint density at radius 1 is 1.00 bits per heavy atom. The smallest absolute Gasteiger partial charge is 0.311 e. The number of esters is 1. The minimum atomic E-state index is -0.975. The van der Waals surface area contributed by atoms with Gasteiger partial charge in [-0.1, -0.05) is 91.5 Å². The number of hydrogen-bond donors (Lipinski definition) is 0. The average Bonchev–Trinajstić information content (AvgIpc) is 2.63. The van der Waals surface area contributed by atoms with Crippen LogP contribution in [0.4, 0.5) is 0 Å². The molecule has 1 aromatic rings. The van der Waals surface area contributed by atoms with Gasteiger partial charge < -0.3 is 4.74 Å². The minimum absolute atomic E-state index is 0.0550. The standard InChI is InChI=1S/C14H22.C12H26O2Si/c1-6-11(2)12-7-9-13(10-8-12)14(3,4)5;1-7-12(2,3)11(13)14-9-8-10-15(4,5)6/h7-11H,6H2,1-5H3;7-10H2,1-6H3. The second kappa shape index (κ2) is 11.9. The highest BCUT2D eigenvalue weighted by molar-refractivity contribution is 6.76. The van der Waals surface area contributed by atoms with Gasteiger partial charge in [-0.3, -0.25) is 4.79 Å². The summed E-state index contributed by atoms with van der Waals surface area (Å²) in [5, 5.41) is 0. The molecule has 0 aliphatic carbocycles. The largest absolute Gasteiger partial charge is 0.465 e. The number of rotatable bonds is 8. The van der Waals surface area contributed by atoms with Gasteiger partial charge >= 0.3 is 5.97 Å². The quantitative estimate of drug-likeness (QED) is 0.241. The summed E-state index contributed by atoms with van der Waals surface area (Å²) in [5.41, 5.74) is 2.83. The van der Waals surface area contributed by atoms with Crippen molar-refractivity contribution in [1.82, 2.24) is 0 Å². The molecule has 0 saturated carbocycles. The predicted molar refractivity (Wildman–Crippen MR) is 132 cm³/mol. The maximum atomic E-state index is 11.6. The Morgan fingerprint density at radius 3 is 1.90 bits per heavy atom. The third kappa shape index (κ3) is 11.6. The van der Waals surface area contributed by atoms with Gasteiger partial charge in [0.15, 0.2) is 0 Å². The molecule has 29 heavy (non-hydrogen) atoms. The molecule has 2 nitrogen and oxygen atoms in total. The van der Waals surface area contributed by atoms with E-state index in [2.05, 4.69) is 78.5 Å². The monoisotopic (exact) mass is 420 g/mol. The topological polar surface area (TPSA) is 26.3 Å². The van der Waals surface area contributed by atoms with Crippen molar-refractivity contribution in [2.24, 2.45) is 5.41 Å². The highest BCUT2D eigenvalue weighted by Crippen LogP contribution is 2.25. The van der Waals surface area contributed by atoms with Gasteiger partial charge in [0.1, 0.15) is 0 Å². The van der Waals surface area contributed by atoms with E-state index >= 15 is 0 Å². The molecule has 0 radical (unpaired) electrons. The SMILES string of the molecule is CCC(C)(C)C(=O)OCCC[Si](C)(C)C.CCC(C)c1ccc(C(C)(C)C)cc1. The van der Waals surface area contributed by atoms with Gasteiger partial charge in [0.05, 0.1) is 12.0 Å². The molecule has 0 spiro atoms. The molecule has 0 fully saturated rings. The van der Waals surface area contributed by atoms with Gasteiger partial charge in [-0.2, -0.15) is 0 Å². The zero-order valence-corrected chi connectivity index (χ0v) is 22.2. The summed E-state index contributed by atoms with van der Waals surface area (Å²) in [6.07, 6.45) is 3.07. The molecule has 168 valence electrons. The van der Waals surface area contributed by atoms with Crippen molar-refractivity contribution in [3.63, 3.8) is 0 Å². The molecule has 1 rings (SSSR count). The summed E-state index contributed by atoms with van der Waals surface area (Å²) in [6.45, 7) is 24.8. The fourth-order valence-corrected chi connectivity index (χ4v) is 3.86. The van der Waals surface area contributed by atoms with E-state index in [1.54, 1.807) is 0 Å². The molecule has 1 aromatic carbocycles. The maximum Gasteiger partial charge on any atom is 0.311 e. The Morgan fingerprint density at radius 2 is 1.52 bits per heavy atom. The fraction of sp³-hybridized carbons (Fsp3) is 0.731. The number of carbonyl (C=O) groups is 1. The van der Waals surface area contributed by atoms with Crippen LogP contribution in [0.1, 0.15) is 91.7 Å². The molecule has 0 amide bonds. The Bertz CT molecular complexity index is 589. The third-order valence-electron chi connectivity index (χ3n) is 5.70. The van der Waals surface area contributed by atoms with Crippen LogP contribution in [0.25, 0.3) is 0 Å². The molecule has 0 bridgehead atoms. The summed E-state index contributed by atoms with van der Waals surface area (Å²) in [5.74, 6) is 0.629. The van der Waals surface area contributed by atoms with Gasteiger partial charge in [0, 0.05) is 8.07 Å². The first-order valence-corrected chi connectivity index (χ1v) is 15.1. The van der Waals surface area contributed by atoms with Crippen molar-refractivity contribution < 1.29 is 9.53 Å². The second-order valence-electron chi connectivity index (χ2n) is 11.2. The van der Waals surface area contributed by atoms with Gasteiger partial charge in [-0.25, -0.2) is 0 Å². The second-order valence-corrected chi connectivity index (χ2v) is 16.8. The normalized spacial score (nSPS) is 13.3. The highest BCUT2D eigenvalue weighted by atomic mass is 28.3. The highest BCUT2D eigenvalue weighted by Gasteiger charge is 2.26. The zero-order chi connectivity index (χ0) is 22.9. The van der Waals surface area contributed by atoms with E-state index < -0.39 is 8.07 Å². The first-order valence-electron chi connectivity index (χ1n) is 11.4. The number of benzene rings is 1. The van der Waals surface area contributed by atoms with E-state index in [0.717, 1.165) is 12.8 Å². The molecule has 1 atom stereocenters. The molecule has 3 heteroatoms. The average molecular weight is 421 g/mol. The van der Waals surface area contributed by atoms with Crippen molar-refractivity contribution in [3.05, 3.63) is 35.4 Å². The maximum absolute atomic E-state index is 11.6. The van der Waals surface area contributed by atoms with E-state index in [1.807, 2.05) is 20.8 Å². The third-order valence-corrected chi connectivity index (χ3v) is 7.55. The van der Waals surface area contributed by atoms with Crippen LogP contribution in [-0.2, 0) is 14.9 Å². The van der Waals surface area contributed by atoms with Crippen LogP contribution in [0.2, 0.25) is 25.7 Å². The summed E-state index contributed by atoms with van der Waals surface area (Å²) in [4.78, 5) is 11.6. The fourth-order valence-electron chi connectivity index (χ4n) is 2.65. The van der Waals surface area contributed by atoms with Gasteiger partial charge in [-0.15, -0.1) is 0 Å². The van der Waals surface area contributed by atoms with Crippen LogP contribution in [0.15, 0.2) is 24.3 Å². The summed E-state index contributed by atoms with van der Waals surface area (Å²) >= 11 is 0. The number of ether oxygens (including phenoxy) is 1. The van der Waals surface area contributed by atoms with Crippen LogP contribution in [0.5, 0.6) is 0 Å². The predicted octanol–water partition coefficient (Wildman–Crippen LogP) is 8.19. The Balaban J connectivity index is 0.000000541. The van der Waals surface area contributed by atoms with E-state index in [1.165, 1.54) is 23.6 Å². The lowest BCUT2D eigenvalue weighted by molar-refractivity contribution is -0.154. The van der Waals surface area contributed by atoms with Crippen molar-refractivity contribution >= 4 is 14.0 Å². The molecule has 0 aromatic heterocycles. The lowest BCUT2D eigenvalue weighted by Gasteiger charge is -2.21. The van der Waals surface area contributed by atoms with E-state index in [9.17, 15) is 4.79 Å². The van der Waals surface area contributed by atoms with Crippen molar-refractivity contribution in [2.45, 2.75) is 112 Å². The van der Waals surface area contributed by atoms with E-state index in [0.29, 0.717) is 12.5 Å². The summed E-state index contributed by atoms with van der Waals surface area (Å²) < 4.78 is 5.28. The van der Waals surface area contributed by atoms with E-state index in [-0.39, 0.29) is 16.8 Å². The summed E-state index contributed by atoms with van der Waals surface area (Å²) in [7, 11) is -0.975. The number of carbonyl (C=O) groups excluding carboxylic acids is 1. The molecular weight excluding hydrogens is 372 g/mol. The zero-order valence-electron chi connectivity index (χ0n) is 21.2. The molecule has 0 aliphatic heterocycles. The molecular formula is C26H48O2Si. The van der Waals surface area contributed by atoms with Crippen molar-refractivity contribution in [3.8, 4) is 0 Å². The Hall–Kier alpha value is -1.09.